The van der Waals surface area contributed by atoms with Crippen molar-refractivity contribution in [3.63, 3.8) is 0 Å². The molecule has 2 aliphatic rings. The second kappa shape index (κ2) is 7.04. The Kier molecular flexibility index (Phi) is 5.05. The number of carbonyl (C=O) groups is 1. The van der Waals surface area contributed by atoms with Crippen molar-refractivity contribution in [2.45, 2.75) is 70.4 Å². The minimum atomic E-state index is -0.0859. The maximum absolute atomic E-state index is 12.7. The molecule has 3 nitrogen and oxygen atoms in total. The highest BCUT2D eigenvalue weighted by molar-refractivity contribution is 5.83. The van der Waals surface area contributed by atoms with Crippen LogP contribution in [0.3, 0.4) is 0 Å². The van der Waals surface area contributed by atoms with Gasteiger partial charge in [0.25, 0.3) is 0 Å². The molecule has 3 heteroatoms. The summed E-state index contributed by atoms with van der Waals surface area (Å²) in [5, 5.41) is 3.37. The van der Waals surface area contributed by atoms with Crippen LogP contribution in [-0.2, 0) is 11.2 Å². The summed E-state index contributed by atoms with van der Waals surface area (Å²) < 4.78 is 0. The quantitative estimate of drug-likeness (QED) is 0.895. The van der Waals surface area contributed by atoms with Crippen molar-refractivity contribution >= 4 is 5.91 Å². The molecule has 1 aromatic rings. The highest BCUT2D eigenvalue weighted by Gasteiger charge is 2.40. The molecule has 2 aliphatic carbocycles. The van der Waals surface area contributed by atoms with Gasteiger partial charge in [-0.1, -0.05) is 37.6 Å². The Morgan fingerprint density at radius 2 is 1.83 bits per heavy atom. The first-order chi connectivity index (χ1) is 11.1. The summed E-state index contributed by atoms with van der Waals surface area (Å²) in [4.78, 5) is 12.7. The van der Waals surface area contributed by atoms with E-state index in [1.54, 1.807) is 0 Å². The van der Waals surface area contributed by atoms with Gasteiger partial charge in [0.05, 0.1) is 5.92 Å². The molecule has 23 heavy (non-hydrogen) atoms. The normalized spacial score (nSPS) is 31.4. The van der Waals surface area contributed by atoms with E-state index in [2.05, 4.69) is 36.5 Å². The SMILES string of the molecule is CCc1ccc(C(C)C(=O)NC2C3CCCC2CC(N)C3)cc1. The highest BCUT2D eigenvalue weighted by Crippen LogP contribution is 2.39. The number of aryl methyl sites for hydroxylation is 1. The fourth-order valence-corrected chi connectivity index (χ4v) is 4.51. The van der Waals surface area contributed by atoms with Gasteiger partial charge in [0.1, 0.15) is 0 Å². The van der Waals surface area contributed by atoms with Crippen LogP contribution < -0.4 is 11.1 Å². The summed E-state index contributed by atoms with van der Waals surface area (Å²) in [5.41, 5.74) is 8.61. The summed E-state index contributed by atoms with van der Waals surface area (Å²) in [7, 11) is 0. The van der Waals surface area contributed by atoms with E-state index < -0.39 is 0 Å². The van der Waals surface area contributed by atoms with Gasteiger partial charge in [-0.3, -0.25) is 4.79 Å². The summed E-state index contributed by atoms with van der Waals surface area (Å²) in [6.07, 6.45) is 6.90. The van der Waals surface area contributed by atoms with E-state index in [0.29, 0.717) is 23.9 Å². The number of benzene rings is 1. The first-order valence-electron chi connectivity index (χ1n) is 9.23. The van der Waals surface area contributed by atoms with Gasteiger partial charge >= 0.3 is 0 Å². The average molecular weight is 314 g/mol. The van der Waals surface area contributed by atoms with Crippen LogP contribution in [0.15, 0.2) is 24.3 Å². The lowest BCUT2D eigenvalue weighted by atomic mass is 9.67. The van der Waals surface area contributed by atoms with Gasteiger partial charge in [-0.05, 0) is 62.0 Å². The van der Waals surface area contributed by atoms with Gasteiger partial charge in [-0.2, -0.15) is 0 Å². The van der Waals surface area contributed by atoms with Crippen molar-refractivity contribution in [2.75, 3.05) is 0 Å². The first-order valence-corrected chi connectivity index (χ1v) is 9.23. The lowest BCUT2D eigenvalue weighted by Gasteiger charge is -2.45. The van der Waals surface area contributed by atoms with Crippen LogP contribution in [0.5, 0.6) is 0 Å². The number of hydrogen-bond acceptors (Lipinski definition) is 2. The minimum absolute atomic E-state index is 0.0859. The summed E-state index contributed by atoms with van der Waals surface area (Å²) >= 11 is 0. The molecule has 2 bridgehead atoms. The van der Waals surface area contributed by atoms with Gasteiger partial charge in [-0.25, -0.2) is 0 Å². The van der Waals surface area contributed by atoms with Crippen LogP contribution in [0.25, 0.3) is 0 Å². The Balaban J connectivity index is 1.65. The molecule has 2 fully saturated rings. The van der Waals surface area contributed by atoms with Gasteiger partial charge in [0.2, 0.25) is 5.91 Å². The van der Waals surface area contributed by atoms with E-state index in [9.17, 15) is 4.79 Å². The van der Waals surface area contributed by atoms with E-state index in [4.69, 9.17) is 5.73 Å². The Bertz CT molecular complexity index is 525. The maximum Gasteiger partial charge on any atom is 0.227 e. The van der Waals surface area contributed by atoms with Crippen molar-refractivity contribution in [3.8, 4) is 0 Å². The third kappa shape index (κ3) is 3.60. The second-order valence-corrected chi connectivity index (χ2v) is 7.53. The van der Waals surface area contributed by atoms with Gasteiger partial charge in [-0.15, -0.1) is 0 Å². The molecule has 0 aliphatic heterocycles. The zero-order valence-electron chi connectivity index (χ0n) is 14.4. The number of nitrogens with two attached hydrogens (primary N) is 1. The number of amides is 1. The molecule has 3 rings (SSSR count). The van der Waals surface area contributed by atoms with Crippen molar-refractivity contribution < 1.29 is 4.79 Å². The molecule has 1 aromatic carbocycles. The standard InChI is InChI=1S/C20H30N2O/c1-3-14-7-9-15(10-8-14)13(2)20(23)22-19-16-5-4-6-17(19)12-18(21)11-16/h7-10,13,16-19H,3-6,11-12,21H2,1-2H3,(H,22,23). The number of rotatable bonds is 4. The van der Waals surface area contributed by atoms with Crippen molar-refractivity contribution in [2.24, 2.45) is 17.6 Å². The fraction of sp³-hybridized carbons (Fsp3) is 0.650. The smallest absolute Gasteiger partial charge is 0.227 e. The zero-order chi connectivity index (χ0) is 16.4. The Morgan fingerprint density at radius 1 is 1.22 bits per heavy atom. The van der Waals surface area contributed by atoms with Crippen molar-refractivity contribution in [1.82, 2.24) is 5.32 Å². The molecule has 3 atom stereocenters. The Morgan fingerprint density at radius 3 is 2.39 bits per heavy atom. The Labute approximate surface area is 140 Å². The van der Waals surface area contributed by atoms with Crippen molar-refractivity contribution in [3.05, 3.63) is 35.4 Å². The molecular formula is C20H30N2O. The van der Waals surface area contributed by atoms with Crippen LogP contribution in [-0.4, -0.2) is 18.0 Å². The van der Waals surface area contributed by atoms with E-state index in [0.717, 1.165) is 24.8 Å². The average Bonchev–Trinajstić information content (AvgIpc) is 2.55. The number of nitrogens with one attached hydrogen (secondary N) is 1. The number of hydrogen-bond donors (Lipinski definition) is 2. The fourth-order valence-electron chi connectivity index (χ4n) is 4.51. The molecular weight excluding hydrogens is 284 g/mol. The van der Waals surface area contributed by atoms with E-state index >= 15 is 0 Å². The van der Waals surface area contributed by atoms with Crippen molar-refractivity contribution in [1.29, 1.82) is 0 Å². The maximum atomic E-state index is 12.7. The topological polar surface area (TPSA) is 55.1 Å². The van der Waals surface area contributed by atoms with Crippen LogP contribution in [0.2, 0.25) is 0 Å². The molecule has 1 amide bonds. The monoisotopic (exact) mass is 314 g/mol. The third-order valence-corrected chi connectivity index (χ3v) is 5.97. The minimum Gasteiger partial charge on any atom is -0.352 e. The lowest BCUT2D eigenvalue weighted by molar-refractivity contribution is -0.124. The van der Waals surface area contributed by atoms with E-state index in [1.807, 2.05) is 6.92 Å². The number of fused-ring (bicyclic) bond motifs is 2. The lowest BCUT2D eigenvalue weighted by Crippen LogP contribution is -2.54. The Hall–Kier alpha value is -1.35. The zero-order valence-corrected chi connectivity index (χ0v) is 14.4. The molecule has 2 saturated carbocycles. The molecule has 0 heterocycles. The largest absolute Gasteiger partial charge is 0.352 e. The molecule has 3 unspecified atom stereocenters. The predicted octanol–water partition coefficient (Wildman–Crippen LogP) is 3.37. The molecule has 3 N–H and O–H groups in total. The van der Waals surface area contributed by atoms with Crippen LogP contribution in [0.1, 0.15) is 63.0 Å². The molecule has 0 saturated heterocycles. The second-order valence-electron chi connectivity index (χ2n) is 7.53. The summed E-state index contributed by atoms with van der Waals surface area (Å²) in [5.74, 6) is 1.25. The van der Waals surface area contributed by atoms with Gasteiger partial charge in [0.15, 0.2) is 0 Å². The highest BCUT2D eigenvalue weighted by atomic mass is 16.1. The molecule has 0 spiro atoms. The molecule has 0 aromatic heterocycles. The number of carbonyl (C=O) groups excluding carboxylic acids is 1. The van der Waals surface area contributed by atoms with Crippen LogP contribution >= 0.6 is 0 Å². The predicted molar refractivity (Wildman–Crippen MR) is 94.2 cm³/mol. The van der Waals surface area contributed by atoms with Gasteiger partial charge in [0, 0.05) is 12.1 Å². The third-order valence-electron chi connectivity index (χ3n) is 5.97. The van der Waals surface area contributed by atoms with Crippen LogP contribution in [0, 0.1) is 11.8 Å². The summed E-state index contributed by atoms with van der Waals surface area (Å²) in [6, 6.07) is 9.13. The van der Waals surface area contributed by atoms with E-state index in [1.165, 1.54) is 24.8 Å². The molecule has 126 valence electrons. The summed E-state index contributed by atoms with van der Waals surface area (Å²) in [6.45, 7) is 4.16. The van der Waals surface area contributed by atoms with E-state index in [-0.39, 0.29) is 11.8 Å². The van der Waals surface area contributed by atoms with Crippen LogP contribution in [0.4, 0.5) is 0 Å². The molecule has 0 radical (unpaired) electrons. The van der Waals surface area contributed by atoms with Gasteiger partial charge < -0.3 is 11.1 Å². The first kappa shape index (κ1) is 16.5.